The lowest BCUT2D eigenvalue weighted by molar-refractivity contribution is 0.0991. The molecule has 0 fully saturated rings. The van der Waals surface area contributed by atoms with Gasteiger partial charge in [-0.2, -0.15) is 0 Å². The summed E-state index contributed by atoms with van der Waals surface area (Å²) in [7, 11) is -3.50. The fraction of sp³-hybridized carbons (Fsp3) is 0.462. The van der Waals surface area contributed by atoms with Crippen LogP contribution in [0.25, 0.3) is 0 Å². The van der Waals surface area contributed by atoms with Gasteiger partial charge in [-0.3, -0.25) is 4.79 Å². The van der Waals surface area contributed by atoms with Gasteiger partial charge in [-0.25, -0.2) is 8.42 Å². The molecule has 1 unspecified atom stereocenters. The van der Waals surface area contributed by atoms with Crippen LogP contribution in [0.1, 0.15) is 17.3 Å². The van der Waals surface area contributed by atoms with Gasteiger partial charge in [0.1, 0.15) is 5.25 Å². The minimum Gasteiger partial charge on any atom is -0.379 e. The number of carbonyl (C=O) groups is 1. The summed E-state index contributed by atoms with van der Waals surface area (Å²) in [6, 6.07) is 8.41. The molecule has 0 heterocycles. The number of rotatable bonds is 8. The van der Waals surface area contributed by atoms with Crippen LogP contribution in [0.3, 0.4) is 0 Å². The number of ketones is 1. The molecule has 0 bridgehead atoms. The van der Waals surface area contributed by atoms with Crippen molar-refractivity contribution < 1.29 is 17.9 Å². The van der Waals surface area contributed by atoms with Crippen LogP contribution in [0.15, 0.2) is 30.3 Å². The maximum atomic E-state index is 12.0. The van der Waals surface area contributed by atoms with Crippen molar-refractivity contribution >= 4 is 15.6 Å². The molecule has 0 spiro atoms. The van der Waals surface area contributed by atoms with Crippen LogP contribution >= 0.6 is 0 Å². The SMILES string of the molecule is CC(C(=O)c1ccccc1)S(=O)(=O)CCOCCN. The molecule has 6 heteroatoms. The first kappa shape index (κ1) is 15.8. The maximum absolute atomic E-state index is 12.0. The first-order chi connectivity index (χ1) is 8.99. The Labute approximate surface area is 113 Å². The van der Waals surface area contributed by atoms with Gasteiger partial charge >= 0.3 is 0 Å². The Kier molecular flexibility index (Phi) is 6.14. The van der Waals surface area contributed by atoms with Gasteiger partial charge in [0.15, 0.2) is 15.6 Å². The van der Waals surface area contributed by atoms with E-state index in [0.717, 1.165) is 0 Å². The lowest BCUT2D eigenvalue weighted by Gasteiger charge is -2.12. The van der Waals surface area contributed by atoms with Crippen molar-refractivity contribution in [2.45, 2.75) is 12.2 Å². The highest BCUT2D eigenvalue weighted by atomic mass is 32.2. The van der Waals surface area contributed by atoms with Crippen molar-refractivity contribution in [3.63, 3.8) is 0 Å². The van der Waals surface area contributed by atoms with E-state index >= 15 is 0 Å². The highest BCUT2D eigenvalue weighted by Gasteiger charge is 2.28. The molecule has 0 aliphatic rings. The topological polar surface area (TPSA) is 86.5 Å². The molecular weight excluding hydrogens is 266 g/mol. The van der Waals surface area contributed by atoms with Crippen LogP contribution in [0, 0.1) is 0 Å². The highest BCUT2D eigenvalue weighted by molar-refractivity contribution is 7.92. The molecule has 1 aromatic rings. The van der Waals surface area contributed by atoms with Crippen LogP contribution in [0.5, 0.6) is 0 Å². The zero-order valence-electron chi connectivity index (χ0n) is 10.9. The number of carbonyl (C=O) groups excluding carboxylic acids is 1. The van der Waals surface area contributed by atoms with E-state index in [0.29, 0.717) is 18.7 Å². The molecule has 0 aliphatic carbocycles. The second-order valence-corrected chi connectivity index (χ2v) is 6.58. The van der Waals surface area contributed by atoms with E-state index in [1.807, 2.05) is 0 Å². The summed E-state index contributed by atoms with van der Waals surface area (Å²) in [5, 5.41) is -1.06. The second-order valence-electron chi connectivity index (χ2n) is 4.14. The average Bonchev–Trinajstić information content (AvgIpc) is 2.43. The lowest BCUT2D eigenvalue weighted by Crippen LogP contribution is -2.31. The molecule has 0 aromatic heterocycles. The third-order valence-electron chi connectivity index (χ3n) is 2.74. The summed E-state index contributed by atoms with van der Waals surface area (Å²) in [5.74, 6) is -0.563. The second kappa shape index (κ2) is 7.37. The maximum Gasteiger partial charge on any atom is 0.180 e. The monoisotopic (exact) mass is 285 g/mol. The molecule has 2 N–H and O–H groups in total. The third kappa shape index (κ3) is 4.74. The Morgan fingerprint density at radius 1 is 1.26 bits per heavy atom. The van der Waals surface area contributed by atoms with Crippen molar-refractivity contribution in [2.75, 3.05) is 25.5 Å². The summed E-state index contributed by atoms with van der Waals surface area (Å²) >= 11 is 0. The Balaban J connectivity index is 2.65. The minimum atomic E-state index is -3.50. The van der Waals surface area contributed by atoms with E-state index in [1.54, 1.807) is 30.3 Å². The predicted molar refractivity (Wildman–Crippen MR) is 73.9 cm³/mol. The Bertz CT molecular complexity index is 499. The predicted octanol–water partition coefficient (Wildman–Crippen LogP) is 0.648. The quantitative estimate of drug-likeness (QED) is 0.560. The molecule has 5 nitrogen and oxygen atoms in total. The molecule has 0 saturated heterocycles. The third-order valence-corrected chi connectivity index (χ3v) is 4.77. The zero-order valence-corrected chi connectivity index (χ0v) is 11.7. The molecule has 106 valence electrons. The summed E-state index contributed by atoms with van der Waals surface area (Å²) in [6.45, 7) is 2.13. The number of nitrogens with two attached hydrogens (primary N) is 1. The largest absolute Gasteiger partial charge is 0.379 e. The Morgan fingerprint density at radius 2 is 1.89 bits per heavy atom. The van der Waals surface area contributed by atoms with Crippen molar-refractivity contribution in [1.29, 1.82) is 0 Å². The minimum absolute atomic E-state index is 0.0615. The van der Waals surface area contributed by atoms with Crippen LogP contribution in [0.4, 0.5) is 0 Å². The number of ether oxygens (including phenoxy) is 1. The molecule has 0 aliphatic heterocycles. The van der Waals surface area contributed by atoms with Gasteiger partial charge in [0, 0.05) is 12.1 Å². The van der Waals surface area contributed by atoms with E-state index in [4.69, 9.17) is 10.5 Å². The molecule has 1 rings (SSSR count). The standard InChI is InChI=1S/C13H19NO4S/c1-11(13(15)12-5-3-2-4-6-12)19(16,17)10-9-18-8-7-14/h2-6,11H,7-10,14H2,1H3. The fourth-order valence-electron chi connectivity index (χ4n) is 1.54. The summed E-state index contributed by atoms with van der Waals surface area (Å²) in [4.78, 5) is 12.0. The van der Waals surface area contributed by atoms with Crippen LogP contribution < -0.4 is 5.73 Å². The number of benzene rings is 1. The zero-order chi connectivity index (χ0) is 14.3. The Hall–Kier alpha value is -1.24. The first-order valence-electron chi connectivity index (χ1n) is 6.07. The van der Waals surface area contributed by atoms with Crippen molar-refractivity contribution in [1.82, 2.24) is 0 Å². The molecular formula is C13H19NO4S. The van der Waals surface area contributed by atoms with Crippen LogP contribution in [-0.2, 0) is 14.6 Å². The van der Waals surface area contributed by atoms with Gasteiger partial charge in [-0.15, -0.1) is 0 Å². The normalized spacial score (nSPS) is 13.2. The average molecular weight is 285 g/mol. The van der Waals surface area contributed by atoms with E-state index in [9.17, 15) is 13.2 Å². The van der Waals surface area contributed by atoms with Gasteiger partial charge in [0.05, 0.1) is 19.0 Å². The van der Waals surface area contributed by atoms with Crippen molar-refractivity contribution in [2.24, 2.45) is 5.73 Å². The number of hydrogen-bond acceptors (Lipinski definition) is 5. The van der Waals surface area contributed by atoms with E-state index < -0.39 is 15.1 Å². The molecule has 0 radical (unpaired) electrons. The molecule has 19 heavy (non-hydrogen) atoms. The smallest absolute Gasteiger partial charge is 0.180 e. The van der Waals surface area contributed by atoms with Crippen molar-refractivity contribution in [3.8, 4) is 0 Å². The van der Waals surface area contributed by atoms with E-state index in [1.165, 1.54) is 6.92 Å². The fourth-order valence-corrected chi connectivity index (χ4v) is 2.70. The molecule has 1 atom stereocenters. The summed E-state index contributed by atoms with van der Waals surface area (Å²) < 4.78 is 29.0. The van der Waals surface area contributed by atoms with Gasteiger partial charge in [0.2, 0.25) is 0 Å². The lowest BCUT2D eigenvalue weighted by atomic mass is 10.1. The van der Waals surface area contributed by atoms with E-state index in [2.05, 4.69) is 0 Å². The number of hydrogen-bond donors (Lipinski definition) is 1. The van der Waals surface area contributed by atoms with Crippen LogP contribution in [0.2, 0.25) is 0 Å². The molecule has 0 saturated carbocycles. The van der Waals surface area contributed by atoms with E-state index in [-0.39, 0.29) is 18.1 Å². The Morgan fingerprint density at radius 3 is 2.47 bits per heavy atom. The molecule has 1 aromatic carbocycles. The van der Waals surface area contributed by atoms with Gasteiger partial charge in [-0.05, 0) is 6.92 Å². The van der Waals surface area contributed by atoms with Gasteiger partial charge in [-0.1, -0.05) is 30.3 Å². The first-order valence-corrected chi connectivity index (χ1v) is 7.79. The van der Waals surface area contributed by atoms with Gasteiger partial charge in [0.25, 0.3) is 0 Å². The molecule has 0 amide bonds. The van der Waals surface area contributed by atoms with Gasteiger partial charge < -0.3 is 10.5 Å². The summed E-state index contributed by atoms with van der Waals surface area (Å²) in [6.07, 6.45) is 0. The number of Topliss-reactive ketones (excluding diaryl/α,β-unsaturated/α-hetero) is 1. The van der Waals surface area contributed by atoms with Crippen LogP contribution in [-0.4, -0.2) is 45.0 Å². The highest BCUT2D eigenvalue weighted by Crippen LogP contribution is 2.11. The van der Waals surface area contributed by atoms with Crippen molar-refractivity contribution in [3.05, 3.63) is 35.9 Å². The summed E-state index contributed by atoms with van der Waals surface area (Å²) in [5.41, 5.74) is 5.64. The number of sulfone groups is 1.